The Morgan fingerprint density at radius 3 is 1.72 bits per heavy atom. The fraction of sp³-hybridized carbons (Fsp3) is 0. The molecule has 0 bridgehead atoms. The van der Waals surface area contributed by atoms with Gasteiger partial charge in [0.25, 0.3) is 0 Å². The molecule has 0 aliphatic heterocycles. The van der Waals surface area contributed by atoms with Crippen molar-refractivity contribution >= 4 is 64.6 Å². The lowest BCUT2D eigenvalue weighted by molar-refractivity contribution is 0.475. The minimum absolute atomic E-state index is 0.167. The van der Waals surface area contributed by atoms with Crippen molar-refractivity contribution < 1.29 is 15.3 Å². The zero-order valence-electron chi connectivity index (χ0n) is 24.9. The molecule has 0 amide bonds. The number of phenolic OH excluding ortho intramolecular Hbond substituents is 3. The van der Waals surface area contributed by atoms with Crippen molar-refractivity contribution in [2.24, 2.45) is 0 Å². The second-order valence-corrected chi connectivity index (χ2v) is 12.3. The lowest BCUT2D eigenvalue weighted by Gasteiger charge is -2.17. The van der Waals surface area contributed by atoms with Crippen molar-refractivity contribution in [3.8, 4) is 51.2 Å². The maximum Gasteiger partial charge on any atom is 0.160 e. The maximum atomic E-state index is 11.4. The number of rotatable bonds is 3. The Labute approximate surface area is 267 Å². The van der Waals surface area contributed by atoms with E-state index >= 15 is 0 Å². The SMILES string of the molecule is Oc1ccc(-c2nc(-c3cc4ccc5ccc(O)c6ccc(c3)c4c56)cc(-c3cc(O)c4ccc5cccc6ccc3c4c56)n2)cc1. The van der Waals surface area contributed by atoms with E-state index < -0.39 is 0 Å². The van der Waals surface area contributed by atoms with Crippen molar-refractivity contribution in [1.29, 1.82) is 0 Å². The molecule has 0 saturated heterocycles. The van der Waals surface area contributed by atoms with E-state index in [4.69, 9.17) is 9.97 Å². The molecule has 10 aromatic rings. The molecule has 0 spiro atoms. The van der Waals surface area contributed by atoms with E-state index in [1.807, 2.05) is 42.5 Å². The third-order valence-electron chi connectivity index (χ3n) is 9.62. The second-order valence-electron chi connectivity index (χ2n) is 12.3. The zero-order valence-corrected chi connectivity index (χ0v) is 24.9. The van der Waals surface area contributed by atoms with Gasteiger partial charge in [0.1, 0.15) is 17.2 Å². The molecule has 0 saturated carbocycles. The Morgan fingerprint density at radius 2 is 0.957 bits per heavy atom. The van der Waals surface area contributed by atoms with Crippen LogP contribution >= 0.6 is 0 Å². The van der Waals surface area contributed by atoms with Gasteiger partial charge in [-0.2, -0.15) is 0 Å². The summed E-state index contributed by atoms with van der Waals surface area (Å²) in [5, 5.41) is 44.3. The van der Waals surface area contributed by atoms with E-state index in [0.29, 0.717) is 11.5 Å². The minimum Gasteiger partial charge on any atom is -0.508 e. The molecule has 5 heteroatoms. The van der Waals surface area contributed by atoms with Crippen molar-refractivity contribution in [2.75, 3.05) is 0 Å². The minimum atomic E-state index is 0.167. The lowest BCUT2D eigenvalue weighted by Crippen LogP contribution is -1.97. The fourth-order valence-electron chi connectivity index (χ4n) is 7.45. The van der Waals surface area contributed by atoms with Crippen molar-refractivity contribution in [1.82, 2.24) is 9.97 Å². The number of phenols is 3. The summed E-state index contributed by atoms with van der Waals surface area (Å²) in [5.41, 5.74) is 3.91. The topological polar surface area (TPSA) is 86.5 Å². The van der Waals surface area contributed by atoms with Gasteiger partial charge < -0.3 is 15.3 Å². The highest BCUT2D eigenvalue weighted by atomic mass is 16.3. The number of benzene rings is 9. The molecule has 0 aliphatic carbocycles. The monoisotopic (exact) mass is 604 g/mol. The van der Waals surface area contributed by atoms with E-state index in [1.165, 1.54) is 0 Å². The molecule has 1 heterocycles. The molecule has 220 valence electrons. The van der Waals surface area contributed by atoms with Gasteiger partial charge in [0, 0.05) is 38.2 Å². The molecule has 0 fully saturated rings. The van der Waals surface area contributed by atoms with Gasteiger partial charge in [0.2, 0.25) is 0 Å². The Bertz CT molecular complexity index is 2840. The predicted octanol–water partition coefficient (Wildman–Crippen LogP) is 10.4. The van der Waals surface area contributed by atoms with Crippen LogP contribution in [0.15, 0.2) is 127 Å². The highest BCUT2D eigenvalue weighted by Gasteiger charge is 2.19. The quantitative estimate of drug-likeness (QED) is 0.175. The first kappa shape index (κ1) is 25.8. The number of hydrogen-bond acceptors (Lipinski definition) is 5. The third-order valence-corrected chi connectivity index (χ3v) is 9.62. The summed E-state index contributed by atoms with van der Waals surface area (Å²) in [5.74, 6) is 1.15. The van der Waals surface area contributed by atoms with Crippen molar-refractivity contribution in [3.05, 3.63) is 127 Å². The molecule has 5 nitrogen and oxygen atoms in total. The molecule has 9 aromatic carbocycles. The van der Waals surface area contributed by atoms with E-state index in [-0.39, 0.29) is 17.2 Å². The fourth-order valence-corrected chi connectivity index (χ4v) is 7.45. The van der Waals surface area contributed by atoms with E-state index in [9.17, 15) is 15.3 Å². The van der Waals surface area contributed by atoms with Gasteiger partial charge in [0.05, 0.1) is 11.4 Å². The van der Waals surface area contributed by atoms with Crippen LogP contribution in [0, 0.1) is 0 Å². The summed E-state index contributed by atoms with van der Waals surface area (Å²) < 4.78 is 0. The average Bonchev–Trinajstić information content (AvgIpc) is 3.10. The largest absolute Gasteiger partial charge is 0.508 e. The molecule has 1 aromatic heterocycles. The third kappa shape index (κ3) is 3.71. The molecule has 0 unspecified atom stereocenters. The van der Waals surface area contributed by atoms with E-state index in [1.54, 1.807) is 18.2 Å². The van der Waals surface area contributed by atoms with Gasteiger partial charge in [-0.3, -0.25) is 0 Å². The van der Waals surface area contributed by atoms with Crippen LogP contribution in [-0.2, 0) is 0 Å². The smallest absolute Gasteiger partial charge is 0.160 e. The van der Waals surface area contributed by atoms with Crippen LogP contribution in [0.4, 0.5) is 0 Å². The van der Waals surface area contributed by atoms with Crippen LogP contribution in [-0.4, -0.2) is 25.3 Å². The number of hydrogen-bond donors (Lipinski definition) is 3. The van der Waals surface area contributed by atoms with Crippen LogP contribution in [0.3, 0.4) is 0 Å². The highest BCUT2D eigenvalue weighted by Crippen LogP contribution is 2.44. The van der Waals surface area contributed by atoms with Gasteiger partial charge in [-0.05, 0) is 97.7 Å². The summed E-state index contributed by atoms with van der Waals surface area (Å²) in [4.78, 5) is 10.1. The van der Waals surface area contributed by atoms with E-state index in [2.05, 4.69) is 66.7 Å². The molecular weight excluding hydrogens is 580 g/mol. The summed E-state index contributed by atoms with van der Waals surface area (Å²) in [7, 11) is 0. The number of aromatic hydroxyl groups is 3. The Hall–Kier alpha value is -6.46. The van der Waals surface area contributed by atoms with Gasteiger partial charge in [-0.1, -0.05) is 72.8 Å². The number of nitrogens with zero attached hydrogens (tertiary/aromatic N) is 2. The zero-order chi connectivity index (χ0) is 31.4. The van der Waals surface area contributed by atoms with E-state index in [0.717, 1.165) is 87.0 Å². The molecule has 0 radical (unpaired) electrons. The van der Waals surface area contributed by atoms with Crippen LogP contribution in [0.5, 0.6) is 17.2 Å². The van der Waals surface area contributed by atoms with Crippen LogP contribution in [0.25, 0.3) is 98.5 Å². The molecule has 3 N–H and O–H groups in total. The molecule has 0 atom stereocenters. The van der Waals surface area contributed by atoms with Gasteiger partial charge >= 0.3 is 0 Å². The Balaban J connectivity index is 1.27. The van der Waals surface area contributed by atoms with Crippen molar-refractivity contribution in [3.63, 3.8) is 0 Å². The normalized spacial score (nSPS) is 12.1. The Morgan fingerprint density at radius 1 is 0.383 bits per heavy atom. The first-order valence-corrected chi connectivity index (χ1v) is 15.5. The highest BCUT2D eigenvalue weighted by molar-refractivity contribution is 6.27. The van der Waals surface area contributed by atoms with Crippen LogP contribution in [0.2, 0.25) is 0 Å². The van der Waals surface area contributed by atoms with Gasteiger partial charge in [-0.25, -0.2) is 9.97 Å². The summed E-state index contributed by atoms with van der Waals surface area (Å²) >= 11 is 0. The van der Waals surface area contributed by atoms with Crippen LogP contribution < -0.4 is 0 Å². The molecular formula is C42H24N2O3. The maximum absolute atomic E-state index is 11.4. The summed E-state index contributed by atoms with van der Waals surface area (Å²) in [6.45, 7) is 0. The lowest BCUT2D eigenvalue weighted by atomic mass is 9.90. The summed E-state index contributed by atoms with van der Waals surface area (Å²) in [6, 6.07) is 41.5. The van der Waals surface area contributed by atoms with Crippen molar-refractivity contribution in [2.45, 2.75) is 0 Å². The van der Waals surface area contributed by atoms with Gasteiger partial charge in [0.15, 0.2) is 5.82 Å². The second kappa shape index (κ2) is 9.28. The predicted molar refractivity (Wildman–Crippen MR) is 191 cm³/mol. The Kier molecular flexibility index (Phi) is 5.10. The van der Waals surface area contributed by atoms with Crippen LogP contribution in [0.1, 0.15) is 0 Å². The van der Waals surface area contributed by atoms with Gasteiger partial charge in [-0.15, -0.1) is 0 Å². The molecule has 10 rings (SSSR count). The molecule has 0 aliphatic rings. The standard InChI is InChI=1S/C42H24N2O3/c45-29-12-6-25(7-13-29)42-43-34(28-18-26-5-4-24-11-17-36(46)31-16-10-27(19-28)39(26)40(24)31)21-35(44-42)33-20-37(47)32-15-9-23-3-1-2-22-8-14-30(33)41(32)38(22)23/h1-21,45-47H. The number of aromatic nitrogens is 2. The average molecular weight is 605 g/mol. The first-order chi connectivity index (χ1) is 23.0. The molecule has 47 heavy (non-hydrogen) atoms. The first-order valence-electron chi connectivity index (χ1n) is 15.5. The summed E-state index contributed by atoms with van der Waals surface area (Å²) in [6.07, 6.45) is 0.